The van der Waals surface area contributed by atoms with Crippen molar-refractivity contribution in [2.24, 2.45) is 5.92 Å². The molecule has 2 atom stereocenters. The maximum absolute atomic E-state index is 10.5. The number of carboxylic acid groups (broad SMARTS) is 1. The van der Waals surface area contributed by atoms with Crippen LogP contribution in [0, 0.1) is 5.92 Å². The smallest absolute Gasteiger partial charge is 0.309 e. The van der Waals surface area contributed by atoms with Crippen molar-refractivity contribution in [2.45, 2.75) is 25.9 Å². The van der Waals surface area contributed by atoms with Crippen LogP contribution in [0.4, 0.5) is 0 Å². The van der Waals surface area contributed by atoms with E-state index in [0.29, 0.717) is 6.42 Å². The van der Waals surface area contributed by atoms with Gasteiger partial charge in [-0.25, -0.2) is 0 Å². The van der Waals surface area contributed by atoms with Crippen molar-refractivity contribution in [3.8, 4) is 0 Å². The molecule has 0 amide bonds. The third-order valence-electron chi connectivity index (χ3n) is 1.54. The van der Waals surface area contributed by atoms with E-state index in [4.69, 9.17) is 21.8 Å². The van der Waals surface area contributed by atoms with Gasteiger partial charge in [-0.3, -0.25) is 4.79 Å². The number of halogens is 1. The molecule has 2 N–H and O–H groups in total. The van der Waals surface area contributed by atoms with Crippen LogP contribution < -0.4 is 0 Å². The second kappa shape index (κ2) is 5.38. The topological polar surface area (TPSA) is 57.5 Å². The second-order valence-electron chi connectivity index (χ2n) is 2.46. The molecule has 0 aromatic heterocycles. The molecule has 0 aromatic rings. The van der Waals surface area contributed by atoms with E-state index in [1.165, 1.54) is 0 Å². The Morgan fingerprint density at radius 3 is 2.45 bits per heavy atom. The fourth-order valence-corrected chi connectivity index (χ4v) is 1.11. The molecule has 3 nitrogen and oxygen atoms in total. The largest absolute Gasteiger partial charge is 0.481 e. The number of alkyl halides is 1. The highest BCUT2D eigenvalue weighted by Crippen LogP contribution is 2.12. The molecule has 0 aliphatic carbocycles. The van der Waals surface area contributed by atoms with Crippen molar-refractivity contribution >= 4 is 17.6 Å². The minimum absolute atomic E-state index is 0.0169. The van der Waals surface area contributed by atoms with Gasteiger partial charge in [-0.15, -0.1) is 11.6 Å². The van der Waals surface area contributed by atoms with Crippen LogP contribution in [0.5, 0.6) is 0 Å². The van der Waals surface area contributed by atoms with Crippen molar-refractivity contribution in [3.05, 3.63) is 0 Å². The first-order chi connectivity index (χ1) is 5.13. The SMILES string of the molecule is CCCC(C(=O)O)[C@H](O)CCl. The Bertz CT molecular complexity index is 127. The van der Waals surface area contributed by atoms with Gasteiger partial charge in [0.2, 0.25) is 0 Å². The Hall–Kier alpha value is -0.280. The van der Waals surface area contributed by atoms with E-state index in [0.717, 1.165) is 6.42 Å². The molecule has 0 fully saturated rings. The van der Waals surface area contributed by atoms with Crippen molar-refractivity contribution in [2.75, 3.05) is 5.88 Å². The van der Waals surface area contributed by atoms with Crippen LogP contribution in [0.2, 0.25) is 0 Å². The molecule has 0 radical (unpaired) electrons. The molecular weight excluding hydrogens is 168 g/mol. The number of aliphatic carboxylic acids is 1. The summed E-state index contributed by atoms with van der Waals surface area (Å²) in [6, 6.07) is 0. The predicted molar refractivity (Wildman–Crippen MR) is 42.8 cm³/mol. The molecule has 0 saturated carbocycles. The van der Waals surface area contributed by atoms with Crippen molar-refractivity contribution in [1.82, 2.24) is 0 Å². The van der Waals surface area contributed by atoms with Crippen LogP contribution in [-0.4, -0.2) is 28.2 Å². The lowest BCUT2D eigenvalue weighted by atomic mass is 9.99. The highest BCUT2D eigenvalue weighted by atomic mass is 35.5. The highest BCUT2D eigenvalue weighted by Gasteiger charge is 2.24. The van der Waals surface area contributed by atoms with Gasteiger partial charge >= 0.3 is 5.97 Å². The van der Waals surface area contributed by atoms with Crippen LogP contribution in [0.1, 0.15) is 19.8 Å². The molecule has 0 aliphatic rings. The Labute approximate surface area is 71.0 Å². The summed E-state index contributed by atoms with van der Waals surface area (Å²) in [5.74, 6) is -1.70. The molecule has 0 aromatic carbocycles. The summed E-state index contributed by atoms with van der Waals surface area (Å²) in [4.78, 5) is 10.5. The number of aliphatic hydroxyl groups excluding tert-OH is 1. The van der Waals surface area contributed by atoms with E-state index in [1.54, 1.807) is 0 Å². The molecule has 0 aliphatic heterocycles. The van der Waals surface area contributed by atoms with Gasteiger partial charge in [-0.05, 0) is 6.42 Å². The average molecular weight is 181 g/mol. The van der Waals surface area contributed by atoms with E-state index >= 15 is 0 Å². The normalized spacial score (nSPS) is 15.9. The summed E-state index contributed by atoms with van der Waals surface area (Å²) in [6.45, 7) is 1.87. The van der Waals surface area contributed by atoms with E-state index in [9.17, 15) is 4.79 Å². The molecular formula is C7H13ClO3. The maximum atomic E-state index is 10.5. The van der Waals surface area contributed by atoms with E-state index in [-0.39, 0.29) is 5.88 Å². The van der Waals surface area contributed by atoms with Crippen molar-refractivity contribution in [1.29, 1.82) is 0 Å². The second-order valence-corrected chi connectivity index (χ2v) is 2.76. The summed E-state index contributed by atoms with van der Waals surface area (Å²) < 4.78 is 0. The Morgan fingerprint density at radius 2 is 2.18 bits per heavy atom. The summed E-state index contributed by atoms with van der Waals surface area (Å²) in [5.41, 5.74) is 0. The summed E-state index contributed by atoms with van der Waals surface area (Å²) in [7, 11) is 0. The first-order valence-corrected chi connectivity index (χ1v) is 4.13. The fourth-order valence-electron chi connectivity index (χ4n) is 0.899. The van der Waals surface area contributed by atoms with E-state index in [2.05, 4.69) is 0 Å². The van der Waals surface area contributed by atoms with Gasteiger partial charge in [0.05, 0.1) is 12.0 Å². The Morgan fingerprint density at radius 1 is 1.64 bits per heavy atom. The van der Waals surface area contributed by atoms with Gasteiger partial charge in [-0.2, -0.15) is 0 Å². The van der Waals surface area contributed by atoms with Crippen LogP contribution in [-0.2, 0) is 4.79 Å². The number of hydrogen-bond donors (Lipinski definition) is 2. The van der Waals surface area contributed by atoms with Gasteiger partial charge in [0.15, 0.2) is 0 Å². The van der Waals surface area contributed by atoms with E-state index in [1.807, 2.05) is 6.92 Å². The summed E-state index contributed by atoms with van der Waals surface area (Å²) in [5, 5.41) is 17.7. The number of rotatable bonds is 5. The van der Waals surface area contributed by atoms with Gasteiger partial charge in [0, 0.05) is 5.88 Å². The van der Waals surface area contributed by atoms with Crippen LogP contribution in [0.3, 0.4) is 0 Å². The van der Waals surface area contributed by atoms with Crippen LogP contribution in [0.15, 0.2) is 0 Å². The summed E-state index contributed by atoms with van der Waals surface area (Å²) >= 11 is 5.31. The average Bonchev–Trinajstić information content (AvgIpc) is 1.98. The number of aliphatic hydroxyl groups is 1. The zero-order valence-corrected chi connectivity index (χ0v) is 7.21. The molecule has 11 heavy (non-hydrogen) atoms. The zero-order chi connectivity index (χ0) is 8.85. The van der Waals surface area contributed by atoms with Crippen molar-refractivity contribution < 1.29 is 15.0 Å². The highest BCUT2D eigenvalue weighted by molar-refractivity contribution is 6.18. The Balaban J connectivity index is 3.97. The standard InChI is InChI=1S/C7H13ClO3/c1-2-3-5(7(10)11)6(9)4-8/h5-6,9H,2-4H2,1H3,(H,10,11)/t5?,6-/m1/s1. The number of carbonyl (C=O) groups is 1. The van der Waals surface area contributed by atoms with Crippen LogP contribution >= 0.6 is 11.6 Å². The first kappa shape index (κ1) is 10.7. The van der Waals surface area contributed by atoms with Gasteiger partial charge in [0.1, 0.15) is 0 Å². The third-order valence-corrected chi connectivity index (χ3v) is 1.86. The minimum atomic E-state index is -0.972. The molecule has 0 rings (SSSR count). The quantitative estimate of drug-likeness (QED) is 0.623. The lowest BCUT2D eigenvalue weighted by Crippen LogP contribution is -2.29. The van der Waals surface area contributed by atoms with Gasteiger partial charge < -0.3 is 10.2 Å². The molecule has 0 bridgehead atoms. The molecule has 1 unspecified atom stereocenters. The zero-order valence-electron chi connectivity index (χ0n) is 6.46. The van der Waals surface area contributed by atoms with Gasteiger partial charge in [-0.1, -0.05) is 13.3 Å². The maximum Gasteiger partial charge on any atom is 0.309 e. The monoisotopic (exact) mass is 180 g/mol. The Kier molecular flexibility index (Phi) is 5.24. The first-order valence-electron chi connectivity index (χ1n) is 3.60. The molecule has 0 spiro atoms. The molecule has 66 valence electrons. The van der Waals surface area contributed by atoms with Gasteiger partial charge in [0.25, 0.3) is 0 Å². The number of carboxylic acids is 1. The van der Waals surface area contributed by atoms with Crippen molar-refractivity contribution in [3.63, 3.8) is 0 Å². The lowest BCUT2D eigenvalue weighted by molar-refractivity contribution is -0.145. The third kappa shape index (κ3) is 3.58. The molecule has 4 heteroatoms. The minimum Gasteiger partial charge on any atom is -0.481 e. The van der Waals surface area contributed by atoms with E-state index < -0.39 is 18.0 Å². The predicted octanol–water partition coefficient (Wildman–Crippen LogP) is 1.09. The number of hydrogen-bond acceptors (Lipinski definition) is 2. The fraction of sp³-hybridized carbons (Fsp3) is 0.857. The lowest BCUT2D eigenvalue weighted by Gasteiger charge is -2.15. The van der Waals surface area contributed by atoms with Crippen LogP contribution in [0.25, 0.3) is 0 Å². The molecule has 0 saturated heterocycles. The molecule has 0 heterocycles. The summed E-state index contributed by atoms with van der Waals surface area (Å²) in [6.07, 6.45) is 0.294.